The van der Waals surface area contributed by atoms with Gasteiger partial charge >= 0.3 is 6.61 Å². The zero-order valence-corrected chi connectivity index (χ0v) is 12.0. The quantitative estimate of drug-likeness (QED) is 0.923. The minimum atomic E-state index is -2.76. The van der Waals surface area contributed by atoms with Crippen molar-refractivity contribution in [2.45, 2.75) is 50.8 Å². The summed E-state index contributed by atoms with van der Waals surface area (Å²) in [5.41, 5.74) is 2.36. The maximum absolute atomic E-state index is 12.3. The maximum atomic E-state index is 12.3. The number of hydrogen-bond acceptors (Lipinski definition) is 3. The molecule has 0 radical (unpaired) electrons. The van der Waals surface area contributed by atoms with Gasteiger partial charge in [-0.15, -0.1) is 0 Å². The monoisotopic (exact) mass is 297 g/mol. The number of benzene rings is 1. The molecule has 1 atom stereocenters. The summed E-state index contributed by atoms with van der Waals surface area (Å²) >= 11 is 0. The Morgan fingerprint density at radius 1 is 1.19 bits per heavy atom. The topological polar surface area (TPSA) is 30.5 Å². The molecule has 116 valence electrons. The fourth-order valence-electron chi connectivity index (χ4n) is 3.29. The molecule has 2 aliphatic rings. The van der Waals surface area contributed by atoms with Crippen LogP contribution in [0.2, 0.25) is 0 Å². The van der Waals surface area contributed by atoms with E-state index in [1.54, 1.807) is 12.1 Å². The molecule has 3 rings (SSSR count). The Hall–Kier alpha value is -1.20. The standard InChI is InChI=1S/C16H21F2NO2/c17-16(18)21-13-4-5-14-11(10-13)2-1-3-15(14)19-12-6-8-20-9-7-12/h4-5,10,12,15-16,19H,1-3,6-9H2/t15-/m0/s1. The molecule has 3 nitrogen and oxygen atoms in total. The second-order valence-corrected chi connectivity index (χ2v) is 5.74. The third-order valence-electron chi connectivity index (χ3n) is 4.31. The van der Waals surface area contributed by atoms with Crippen LogP contribution in [0.25, 0.3) is 0 Å². The first-order valence-electron chi connectivity index (χ1n) is 7.64. The summed E-state index contributed by atoms with van der Waals surface area (Å²) in [6.07, 6.45) is 5.18. The molecule has 21 heavy (non-hydrogen) atoms. The molecule has 1 saturated heterocycles. The summed E-state index contributed by atoms with van der Waals surface area (Å²) in [6, 6.07) is 6.15. The number of aryl methyl sites for hydroxylation is 1. The van der Waals surface area contributed by atoms with Gasteiger partial charge in [-0.25, -0.2) is 0 Å². The summed E-state index contributed by atoms with van der Waals surface area (Å²) in [5.74, 6) is 0.260. The molecule has 1 aliphatic carbocycles. The van der Waals surface area contributed by atoms with Gasteiger partial charge in [0.05, 0.1) is 0 Å². The highest BCUT2D eigenvalue weighted by Crippen LogP contribution is 2.33. The van der Waals surface area contributed by atoms with Crippen LogP contribution in [0, 0.1) is 0 Å². The van der Waals surface area contributed by atoms with Crippen LogP contribution in [0.15, 0.2) is 18.2 Å². The van der Waals surface area contributed by atoms with Crippen LogP contribution in [-0.4, -0.2) is 25.9 Å². The Morgan fingerprint density at radius 3 is 2.76 bits per heavy atom. The average molecular weight is 297 g/mol. The van der Waals surface area contributed by atoms with Crippen LogP contribution in [0.3, 0.4) is 0 Å². The molecule has 1 aliphatic heterocycles. The summed E-state index contributed by atoms with van der Waals surface area (Å²) in [7, 11) is 0. The van der Waals surface area contributed by atoms with Gasteiger partial charge in [0.1, 0.15) is 5.75 Å². The third kappa shape index (κ3) is 3.71. The first-order valence-corrected chi connectivity index (χ1v) is 7.64. The number of alkyl halides is 2. The van der Waals surface area contributed by atoms with E-state index < -0.39 is 6.61 Å². The molecule has 0 aromatic heterocycles. The van der Waals surface area contributed by atoms with Crippen molar-refractivity contribution in [3.8, 4) is 5.75 Å². The Balaban J connectivity index is 1.71. The molecule has 0 bridgehead atoms. The normalized spacial score (nSPS) is 23.1. The molecule has 5 heteroatoms. The number of nitrogens with one attached hydrogen (secondary N) is 1. The fraction of sp³-hybridized carbons (Fsp3) is 0.625. The lowest BCUT2D eigenvalue weighted by molar-refractivity contribution is -0.0499. The van der Waals surface area contributed by atoms with Crippen LogP contribution < -0.4 is 10.1 Å². The highest BCUT2D eigenvalue weighted by Gasteiger charge is 2.24. The van der Waals surface area contributed by atoms with E-state index in [0.717, 1.165) is 50.9 Å². The van der Waals surface area contributed by atoms with Crippen molar-refractivity contribution in [2.24, 2.45) is 0 Å². The highest BCUT2D eigenvalue weighted by atomic mass is 19.3. The summed E-state index contributed by atoms with van der Waals surface area (Å²) in [5, 5.41) is 3.71. The molecule has 0 amide bonds. The van der Waals surface area contributed by atoms with E-state index in [0.29, 0.717) is 12.1 Å². The molecular weight excluding hydrogens is 276 g/mol. The van der Waals surface area contributed by atoms with Gasteiger partial charge in [-0.1, -0.05) is 6.07 Å². The smallest absolute Gasteiger partial charge is 0.387 e. The molecule has 1 aromatic carbocycles. The summed E-state index contributed by atoms with van der Waals surface area (Å²) in [4.78, 5) is 0. The Morgan fingerprint density at radius 2 is 2.00 bits per heavy atom. The van der Waals surface area contributed by atoms with E-state index in [2.05, 4.69) is 10.1 Å². The first kappa shape index (κ1) is 14.7. The van der Waals surface area contributed by atoms with Gasteiger partial charge in [0.2, 0.25) is 0 Å². The van der Waals surface area contributed by atoms with Crippen molar-refractivity contribution in [3.05, 3.63) is 29.3 Å². The lowest BCUT2D eigenvalue weighted by Crippen LogP contribution is -2.38. The van der Waals surface area contributed by atoms with Gasteiger partial charge in [0.15, 0.2) is 0 Å². The van der Waals surface area contributed by atoms with Crippen LogP contribution in [-0.2, 0) is 11.2 Å². The Kier molecular flexibility index (Phi) is 4.70. The van der Waals surface area contributed by atoms with Crippen molar-refractivity contribution in [3.63, 3.8) is 0 Å². The Bertz CT molecular complexity index is 475. The third-order valence-corrected chi connectivity index (χ3v) is 4.31. The minimum absolute atomic E-state index is 0.260. The predicted molar refractivity (Wildman–Crippen MR) is 75.7 cm³/mol. The van der Waals surface area contributed by atoms with E-state index in [9.17, 15) is 8.78 Å². The van der Waals surface area contributed by atoms with Crippen LogP contribution >= 0.6 is 0 Å². The second kappa shape index (κ2) is 6.71. The average Bonchev–Trinajstić information content (AvgIpc) is 2.48. The highest BCUT2D eigenvalue weighted by molar-refractivity contribution is 5.39. The van der Waals surface area contributed by atoms with Gasteiger partial charge in [0.25, 0.3) is 0 Å². The number of hydrogen-bond donors (Lipinski definition) is 1. The molecule has 0 saturated carbocycles. The maximum Gasteiger partial charge on any atom is 0.387 e. The molecule has 0 unspecified atom stereocenters. The summed E-state index contributed by atoms with van der Waals surface area (Å²) in [6.45, 7) is -1.13. The van der Waals surface area contributed by atoms with E-state index in [1.807, 2.05) is 6.07 Å². The number of ether oxygens (including phenoxy) is 2. The first-order chi connectivity index (χ1) is 10.2. The van der Waals surface area contributed by atoms with Gasteiger partial charge in [0, 0.05) is 25.3 Å². The fourth-order valence-corrected chi connectivity index (χ4v) is 3.29. The largest absolute Gasteiger partial charge is 0.435 e. The predicted octanol–water partition coefficient (Wildman–Crippen LogP) is 3.43. The van der Waals surface area contributed by atoms with E-state index in [-0.39, 0.29) is 5.75 Å². The van der Waals surface area contributed by atoms with Gasteiger partial charge in [-0.05, 0) is 55.4 Å². The zero-order valence-electron chi connectivity index (χ0n) is 12.0. The number of fused-ring (bicyclic) bond motifs is 1. The van der Waals surface area contributed by atoms with Crippen molar-refractivity contribution in [1.29, 1.82) is 0 Å². The summed E-state index contributed by atoms with van der Waals surface area (Å²) < 4.78 is 34.5. The van der Waals surface area contributed by atoms with Crippen LogP contribution in [0.1, 0.15) is 42.9 Å². The molecule has 1 N–H and O–H groups in total. The van der Waals surface area contributed by atoms with E-state index in [4.69, 9.17) is 4.74 Å². The van der Waals surface area contributed by atoms with Gasteiger partial charge in [-0.2, -0.15) is 8.78 Å². The molecule has 1 heterocycles. The van der Waals surface area contributed by atoms with E-state index in [1.165, 1.54) is 5.56 Å². The lowest BCUT2D eigenvalue weighted by atomic mass is 9.86. The molecule has 0 spiro atoms. The second-order valence-electron chi connectivity index (χ2n) is 5.74. The van der Waals surface area contributed by atoms with Crippen molar-refractivity contribution < 1.29 is 18.3 Å². The van der Waals surface area contributed by atoms with Crippen LogP contribution in [0.4, 0.5) is 8.78 Å². The van der Waals surface area contributed by atoms with E-state index >= 15 is 0 Å². The lowest BCUT2D eigenvalue weighted by Gasteiger charge is -2.32. The van der Waals surface area contributed by atoms with Crippen molar-refractivity contribution in [2.75, 3.05) is 13.2 Å². The van der Waals surface area contributed by atoms with Crippen molar-refractivity contribution in [1.82, 2.24) is 5.32 Å². The molecule has 1 fully saturated rings. The molecular formula is C16H21F2NO2. The minimum Gasteiger partial charge on any atom is -0.435 e. The number of halogens is 2. The molecule has 1 aromatic rings. The SMILES string of the molecule is FC(F)Oc1ccc2c(c1)CCC[C@@H]2NC1CCOCC1. The van der Waals surface area contributed by atoms with Gasteiger partial charge < -0.3 is 14.8 Å². The Labute approximate surface area is 123 Å². The van der Waals surface area contributed by atoms with Crippen LogP contribution in [0.5, 0.6) is 5.75 Å². The number of rotatable bonds is 4. The zero-order chi connectivity index (χ0) is 14.7. The van der Waals surface area contributed by atoms with Gasteiger partial charge in [-0.3, -0.25) is 0 Å². The van der Waals surface area contributed by atoms with Crippen molar-refractivity contribution >= 4 is 0 Å².